The largest absolute Gasteiger partial charge is 0.496 e. The van der Waals surface area contributed by atoms with Crippen molar-refractivity contribution >= 4 is 0 Å². The Kier molecular flexibility index (Phi) is 13.2. The van der Waals surface area contributed by atoms with Crippen molar-refractivity contribution in [3.05, 3.63) is 130 Å². The van der Waals surface area contributed by atoms with Gasteiger partial charge in [0, 0.05) is 0 Å². The highest BCUT2D eigenvalue weighted by atomic mass is 14.3. The maximum Gasteiger partial charge on any atom is -0.0104 e. The van der Waals surface area contributed by atoms with Gasteiger partial charge in [-0.1, -0.05) is 134 Å². The number of hydrogen-bond donors (Lipinski definition) is 0. The number of unbranched alkanes of at least 4 members (excludes halogenated alkanes) is 1. The molecule has 0 aromatic heterocycles. The summed E-state index contributed by atoms with van der Waals surface area (Å²) in [6.07, 6.45) is 39.4. The molecule has 0 atom stereocenters. The van der Waals surface area contributed by atoms with Crippen molar-refractivity contribution in [1.29, 1.82) is 0 Å². The van der Waals surface area contributed by atoms with E-state index in [1.165, 1.54) is 58.3 Å². The lowest BCUT2D eigenvalue weighted by atomic mass is 9.72. The molecule has 0 N–H and O–H groups in total. The van der Waals surface area contributed by atoms with Crippen LogP contribution in [0.5, 0.6) is 0 Å². The zero-order valence-electron chi connectivity index (χ0n) is 27.2. The predicted molar refractivity (Wildman–Crippen MR) is 180 cm³/mol. The van der Waals surface area contributed by atoms with Crippen molar-refractivity contribution < 1.29 is 0 Å². The van der Waals surface area contributed by atoms with Crippen LogP contribution >= 0.6 is 0 Å². The summed E-state index contributed by atoms with van der Waals surface area (Å²) in [4.78, 5) is 0. The molecule has 2 aliphatic rings. The number of hydrogen-bond acceptors (Lipinski definition) is 0. The Hall–Kier alpha value is -2.86. The van der Waals surface area contributed by atoms with Crippen molar-refractivity contribution in [3.63, 3.8) is 0 Å². The van der Waals surface area contributed by atoms with Gasteiger partial charge in [0.05, 0.1) is 0 Å². The maximum atomic E-state index is 3.38. The molecule has 2 aliphatic carbocycles. The van der Waals surface area contributed by atoms with Gasteiger partial charge in [0.2, 0.25) is 0 Å². The molecule has 0 radical (unpaired) electrons. The number of rotatable bonds is 11. The lowest BCUT2D eigenvalue weighted by molar-refractivity contribution is 0.377. The first-order valence-electron chi connectivity index (χ1n) is 15.2. The molecule has 2 rings (SSSR count). The molecule has 0 unspecified atom stereocenters. The molecular formula is C40H55-. The Labute approximate surface area is 247 Å². The average molecular weight is 536 g/mol. The van der Waals surface area contributed by atoms with E-state index in [0.29, 0.717) is 5.41 Å². The van der Waals surface area contributed by atoms with Crippen LogP contribution in [0.2, 0.25) is 0 Å². The lowest BCUT2D eigenvalue weighted by Gasteiger charge is -2.34. The molecule has 0 amide bonds. The second kappa shape index (κ2) is 15.8. The van der Waals surface area contributed by atoms with E-state index in [1.807, 2.05) is 0 Å². The van der Waals surface area contributed by atoms with Crippen molar-refractivity contribution in [2.24, 2.45) is 10.8 Å². The molecule has 0 heteroatoms. The monoisotopic (exact) mass is 535 g/mol. The highest BCUT2D eigenvalue weighted by molar-refractivity contribution is 5.40. The lowest BCUT2D eigenvalue weighted by Crippen LogP contribution is -2.19. The highest BCUT2D eigenvalue weighted by Crippen LogP contribution is 2.41. The third-order valence-corrected chi connectivity index (χ3v) is 8.09. The maximum absolute atomic E-state index is 3.38. The van der Waals surface area contributed by atoms with Gasteiger partial charge in [-0.3, -0.25) is 6.08 Å². The second-order valence-electron chi connectivity index (χ2n) is 13.1. The molecule has 216 valence electrons. The molecule has 0 saturated heterocycles. The first-order valence-corrected chi connectivity index (χ1v) is 15.2. The van der Waals surface area contributed by atoms with Crippen molar-refractivity contribution in [3.8, 4) is 0 Å². The van der Waals surface area contributed by atoms with E-state index in [4.69, 9.17) is 0 Å². The second-order valence-corrected chi connectivity index (χ2v) is 13.1. The van der Waals surface area contributed by atoms with E-state index < -0.39 is 0 Å². The molecule has 0 heterocycles. The van der Waals surface area contributed by atoms with E-state index in [-0.39, 0.29) is 5.41 Å². The minimum absolute atomic E-state index is 0.0626. The fourth-order valence-electron chi connectivity index (χ4n) is 5.55. The summed E-state index contributed by atoms with van der Waals surface area (Å²) < 4.78 is 0. The summed E-state index contributed by atoms with van der Waals surface area (Å²) in [5, 5.41) is 0. The van der Waals surface area contributed by atoms with Crippen LogP contribution in [0.25, 0.3) is 0 Å². The first-order chi connectivity index (χ1) is 18.8. The Bertz CT molecular complexity index is 1150. The van der Waals surface area contributed by atoms with Crippen LogP contribution < -0.4 is 0 Å². The summed E-state index contributed by atoms with van der Waals surface area (Å²) in [6, 6.07) is 0. The Morgan fingerprint density at radius 1 is 0.725 bits per heavy atom. The summed E-state index contributed by atoms with van der Waals surface area (Å²) in [5.41, 5.74) is 11.4. The smallest absolute Gasteiger partial charge is 0.0104 e. The fourth-order valence-corrected chi connectivity index (χ4v) is 5.55. The number of allylic oxidation sites excluding steroid dienone is 22. The standard InChI is InChI=1S/C40H55/c1-31(19-13-21-33(3)25-27-37-35(5)23-15-29-39(37,7)8)17-11-12-18-32(2)20-14-22-34(4)26-28-38-36(6)24-16-30-40(38,9)10/h13-14,17-22,25-28,30H,11-12,15,23-24,29H2,1-10H3/q-1/b19-13+,20-14+,27-25+,28-26+,31-17+,32-18+,33-21+,34-22+. The fraction of sp³-hybridized carbons (Fsp3) is 0.450. The van der Waals surface area contributed by atoms with Gasteiger partial charge >= 0.3 is 0 Å². The van der Waals surface area contributed by atoms with Crippen molar-refractivity contribution in [1.82, 2.24) is 0 Å². The average Bonchev–Trinajstić information content (AvgIpc) is 2.85. The van der Waals surface area contributed by atoms with Gasteiger partial charge in [0.15, 0.2) is 0 Å². The van der Waals surface area contributed by atoms with Gasteiger partial charge in [-0.15, -0.1) is 0 Å². The summed E-state index contributed by atoms with van der Waals surface area (Å²) in [5.74, 6) is 0. The molecule has 0 bridgehead atoms. The molecule has 0 aromatic carbocycles. The Morgan fingerprint density at radius 3 is 1.75 bits per heavy atom. The SMILES string of the molecule is CC1=C(/C=C/C(C)=C/C=C/C(C)=C/CC/C=C(C)/C=C/C=C(C)/C=C/C2=C(C)CCCC2(C)C)C(C)(C)C=[C-]C1. The minimum Gasteiger partial charge on any atom is -0.496 e. The van der Waals surface area contributed by atoms with Crippen LogP contribution in [0.15, 0.2) is 124 Å². The third kappa shape index (κ3) is 11.3. The van der Waals surface area contributed by atoms with Crippen LogP contribution in [0.4, 0.5) is 0 Å². The zero-order valence-corrected chi connectivity index (χ0v) is 27.2. The van der Waals surface area contributed by atoms with E-state index in [1.54, 1.807) is 5.57 Å². The van der Waals surface area contributed by atoms with Crippen LogP contribution in [-0.4, -0.2) is 0 Å². The van der Waals surface area contributed by atoms with Gasteiger partial charge in [-0.05, 0) is 95.6 Å². The molecular weight excluding hydrogens is 480 g/mol. The minimum atomic E-state index is 0.0626. The molecule has 40 heavy (non-hydrogen) atoms. The molecule has 0 spiro atoms. The van der Waals surface area contributed by atoms with E-state index in [2.05, 4.69) is 154 Å². The van der Waals surface area contributed by atoms with Crippen LogP contribution in [0.3, 0.4) is 0 Å². The van der Waals surface area contributed by atoms with Gasteiger partial charge in [0.1, 0.15) is 0 Å². The van der Waals surface area contributed by atoms with Gasteiger partial charge in [0.25, 0.3) is 0 Å². The van der Waals surface area contributed by atoms with Gasteiger partial charge < -0.3 is 6.08 Å². The first kappa shape index (κ1) is 33.3. The molecule has 0 aliphatic heterocycles. The highest BCUT2D eigenvalue weighted by Gasteiger charge is 2.26. The quantitative estimate of drug-likeness (QED) is 0.140. The van der Waals surface area contributed by atoms with Crippen LogP contribution in [0, 0.1) is 16.9 Å². The summed E-state index contributed by atoms with van der Waals surface area (Å²) in [6.45, 7) is 22.5. The van der Waals surface area contributed by atoms with E-state index >= 15 is 0 Å². The normalized spacial score (nSPS) is 21.4. The van der Waals surface area contributed by atoms with E-state index in [9.17, 15) is 0 Å². The molecule has 0 aromatic rings. The molecule has 0 saturated carbocycles. The van der Waals surface area contributed by atoms with Crippen molar-refractivity contribution in [2.75, 3.05) is 0 Å². The molecule has 0 nitrogen and oxygen atoms in total. The van der Waals surface area contributed by atoms with Crippen LogP contribution in [0.1, 0.15) is 108 Å². The summed E-state index contributed by atoms with van der Waals surface area (Å²) >= 11 is 0. The van der Waals surface area contributed by atoms with Crippen molar-refractivity contribution in [2.45, 2.75) is 108 Å². The van der Waals surface area contributed by atoms with Gasteiger partial charge in [-0.25, -0.2) is 0 Å². The summed E-state index contributed by atoms with van der Waals surface area (Å²) in [7, 11) is 0. The third-order valence-electron chi connectivity index (χ3n) is 8.09. The van der Waals surface area contributed by atoms with E-state index in [0.717, 1.165) is 19.3 Å². The Balaban J connectivity index is 1.82. The molecule has 0 fully saturated rings. The van der Waals surface area contributed by atoms with Crippen LogP contribution in [-0.2, 0) is 0 Å². The predicted octanol–water partition coefficient (Wildman–Crippen LogP) is 12.4. The van der Waals surface area contributed by atoms with Gasteiger partial charge in [-0.2, -0.15) is 6.42 Å². The topological polar surface area (TPSA) is 0 Å². The Morgan fingerprint density at radius 2 is 1.25 bits per heavy atom. The zero-order chi connectivity index (χ0) is 29.8.